The summed E-state index contributed by atoms with van der Waals surface area (Å²) in [5, 5.41) is 0. The molecule has 4 rings (SSSR count). The fraction of sp³-hybridized carbons (Fsp3) is 0.417. The molecule has 1 fully saturated rings. The Kier molecular flexibility index (Phi) is 3.87. The molecule has 2 aromatic carbocycles. The Hall–Kier alpha value is -1.82. The van der Waals surface area contributed by atoms with Gasteiger partial charge >= 0.3 is 0 Å². The molecule has 0 saturated heterocycles. The van der Waals surface area contributed by atoms with Crippen LogP contribution in [0, 0.1) is 19.3 Å². The Labute approximate surface area is 146 Å². The van der Waals surface area contributed by atoms with Crippen molar-refractivity contribution in [1.82, 2.24) is 0 Å². The van der Waals surface area contributed by atoms with E-state index in [-0.39, 0.29) is 0 Å². The molecule has 2 aliphatic carbocycles. The van der Waals surface area contributed by atoms with Crippen LogP contribution in [0.2, 0.25) is 0 Å². The van der Waals surface area contributed by atoms with Crippen molar-refractivity contribution in [2.45, 2.75) is 59.3 Å². The van der Waals surface area contributed by atoms with E-state index in [0.717, 1.165) is 6.42 Å². The van der Waals surface area contributed by atoms with Crippen LogP contribution in [0.3, 0.4) is 0 Å². The molecule has 0 heterocycles. The highest BCUT2D eigenvalue weighted by atomic mass is 14.4. The summed E-state index contributed by atoms with van der Waals surface area (Å²) in [6.45, 7) is 6.89. The van der Waals surface area contributed by atoms with Gasteiger partial charge in [-0.25, -0.2) is 0 Å². The molecule has 0 bridgehead atoms. The van der Waals surface area contributed by atoms with E-state index >= 15 is 0 Å². The van der Waals surface area contributed by atoms with Gasteiger partial charge in [0.15, 0.2) is 0 Å². The zero-order chi connectivity index (χ0) is 16.7. The minimum atomic E-state index is 0.550. The van der Waals surface area contributed by atoms with E-state index in [9.17, 15) is 0 Å². The average Bonchev–Trinajstić information content (AvgIpc) is 3.11. The van der Waals surface area contributed by atoms with E-state index < -0.39 is 0 Å². The highest BCUT2D eigenvalue weighted by Gasteiger charge is 2.30. The molecule has 24 heavy (non-hydrogen) atoms. The Morgan fingerprint density at radius 1 is 0.958 bits per heavy atom. The SMILES string of the molecule is Cc1cc(C)cc(-c2cccc3c2C=C(CC2(C)CCCC2)C3)c1. The van der Waals surface area contributed by atoms with Crippen molar-refractivity contribution in [3.63, 3.8) is 0 Å². The van der Waals surface area contributed by atoms with Gasteiger partial charge in [-0.3, -0.25) is 0 Å². The predicted octanol–water partition coefficient (Wildman–Crippen LogP) is 6.88. The van der Waals surface area contributed by atoms with E-state index in [1.165, 1.54) is 65.5 Å². The van der Waals surface area contributed by atoms with Gasteiger partial charge in [-0.2, -0.15) is 0 Å². The highest BCUT2D eigenvalue weighted by molar-refractivity contribution is 5.81. The van der Waals surface area contributed by atoms with Crippen LogP contribution in [0.15, 0.2) is 42.0 Å². The van der Waals surface area contributed by atoms with Gasteiger partial charge in [-0.1, -0.05) is 78.9 Å². The Balaban J connectivity index is 1.70. The number of aryl methyl sites for hydroxylation is 2. The summed E-state index contributed by atoms with van der Waals surface area (Å²) in [6, 6.07) is 13.8. The van der Waals surface area contributed by atoms with E-state index in [2.05, 4.69) is 63.2 Å². The molecule has 2 aromatic rings. The molecule has 0 aromatic heterocycles. The van der Waals surface area contributed by atoms with Gasteiger partial charge in [0, 0.05) is 0 Å². The molecule has 0 atom stereocenters. The maximum absolute atomic E-state index is 2.51. The van der Waals surface area contributed by atoms with Crippen LogP contribution in [-0.2, 0) is 6.42 Å². The van der Waals surface area contributed by atoms with Gasteiger partial charge in [0.05, 0.1) is 0 Å². The fourth-order valence-electron chi connectivity index (χ4n) is 4.89. The monoisotopic (exact) mass is 316 g/mol. The Morgan fingerprint density at radius 2 is 1.67 bits per heavy atom. The van der Waals surface area contributed by atoms with Crippen LogP contribution in [0.4, 0.5) is 0 Å². The van der Waals surface area contributed by atoms with E-state index in [4.69, 9.17) is 0 Å². The zero-order valence-electron chi connectivity index (χ0n) is 15.3. The first-order valence-electron chi connectivity index (χ1n) is 9.42. The number of hydrogen-bond acceptors (Lipinski definition) is 0. The summed E-state index contributed by atoms with van der Waals surface area (Å²) in [7, 11) is 0. The number of rotatable bonds is 3. The molecule has 2 aliphatic rings. The molecule has 0 N–H and O–H groups in total. The van der Waals surface area contributed by atoms with E-state index in [1.54, 1.807) is 5.57 Å². The summed E-state index contributed by atoms with van der Waals surface area (Å²) in [5.41, 5.74) is 10.7. The molecule has 0 radical (unpaired) electrons. The highest BCUT2D eigenvalue weighted by Crippen LogP contribution is 2.45. The smallest absolute Gasteiger partial charge is 0.00574 e. The second-order valence-electron chi connectivity index (χ2n) is 8.43. The summed E-state index contributed by atoms with van der Waals surface area (Å²) in [4.78, 5) is 0. The third kappa shape index (κ3) is 2.95. The van der Waals surface area contributed by atoms with Crippen molar-refractivity contribution in [3.8, 4) is 11.1 Å². The van der Waals surface area contributed by atoms with Crippen molar-refractivity contribution >= 4 is 6.08 Å². The van der Waals surface area contributed by atoms with Crippen LogP contribution >= 0.6 is 0 Å². The number of hydrogen-bond donors (Lipinski definition) is 0. The molecule has 0 amide bonds. The molecule has 0 spiro atoms. The van der Waals surface area contributed by atoms with E-state index in [1.807, 2.05) is 0 Å². The van der Waals surface area contributed by atoms with Crippen molar-refractivity contribution in [2.75, 3.05) is 0 Å². The number of allylic oxidation sites excluding steroid dienone is 1. The Bertz CT molecular complexity index is 781. The first kappa shape index (κ1) is 15.7. The van der Waals surface area contributed by atoms with Crippen molar-refractivity contribution in [3.05, 3.63) is 64.2 Å². The lowest BCUT2D eigenvalue weighted by molar-refractivity contribution is 0.333. The fourth-order valence-corrected chi connectivity index (χ4v) is 4.89. The lowest BCUT2D eigenvalue weighted by Gasteiger charge is -2.24. The van der Waals surface area contributed by atoms with Gasteiger partial charge in [0.25, 0.3) is 0 Å². The molecule has 1 saturated carbocycles. The van der Waals surface area contributed by atoms with Gasteiger partial charge < -0.3 is 0 Å². The second-order valence-corrected chi connectivity index (χ2v) is 8.43. The van der Waals surface area contributed by atoms with Gasteiger partial charge in [0.2, 0.25) is 0 Å². The normalized spacial score (nSPS) is 18.5. The Morgan fingerprint density at radius 3 is 2.38 bits per heavy atom. The lowest BCUT2D eigenvalue weighted by atomic mass is 9.81. The zero-order valence-corrected chi connectivity index (χ0v) is 15.3. The predicted molar refractivity (Wildman–Crippen MR) is 104 cm³/mol. The van der Waals surface area contributed by atoms with E-state index in [0.29, 0.717) is 5.41 Å². The molecular formula is C24H28. The summed E-state index contributed by atoms with van der Waals surface area (Å²) in [5.74, 6) is 0. The van der Waals surface area contributed by atoms with Crippen LogP contribution in [0.1, 0.15) is 61.3 Å². The quantitative estimate of drug-likeness (QED) is 0.579. The summed E-state index contributed by atoms with van der Waals surface area (Å²) < 4.78 is 0. The van der Waals surface area contributed by atoms with Crippen molar-refractivity contribution in [2.24, 2.45) is 5.41 Å². The summed E-state index contributed by atoms with van der Waals surface area (Å²) >= 11 is 0. The maximum Gasteiger partial charge on any atom is -0.00574 e. The first-order chi connectivity index (χ1) is 11.5. The molecule has 0 aliphatic heterocycles. The van der Waals surface area contributed by atoms with Crippen LogP contribution < -0.4 is 0 Å². The van der Waals surface area contributed by atoms with Gasteiger partial charge in [-0.05, 0) is 67.2 Å². The minimum Gasteiger partial charge on any atom is -0.0646 e. The van der Waals surface area contributed by atoms with Gasteiger partial charge in [-0.15, -0.1) is 0 Å². The third-order valence-corrected chi connectivity index (χ3v) is 5.96. The molecule has 124 valence electrons. The second kappa shape index (κ2) is 5.92. The van der Waals surface area contributed by atoms with Crippen molar-refractivity contribution < 1.29 is 0 Å². The largest absolute Gasteiger partial charge is 0.0646 e. The number of fused-ring (bicyclic) bond motifs is 1. The third-order valence-electron chi connectivity index (χ3n) is 5.96. The van der Waals surface area contributed by atoms with Crippen LogP contribution in [-0.4, -0.2) is 0 Å². The van der Waals surface area contributed by atoms with Crippen molar-refractivity contribution in [1.29, 1.82) is 0 Å². The number of benzene rings is 2. The molecule has 0 unspecified atom stereocenters. The minimum absolute atomic E-state index is 0.550. The molecular weight excluding hydrogens is 288 g/mol. The first-order valence-corrected chi connectivity index (χ1v) is 9.42. The summed E-state index contributed by atoms with van der Waals surface area (Å²) in [6.07, 6.45) is 10.6. The molecule has 0 heteroatoms. The standard InChI is InChI=1S/C24H28/c1-17-11-18(2)13-21(12-17)22-8-6-7-20-14-19(15-23(20)22)16-24(3)9-4-5-10-24/h6-8,11-13,15H,4-5,9-10,14,16H2,1-3H3. The average molecular weight is 316 g/mol. The molecule has 0 nitrogen and oxygen atoms in total. The maximum atomic E-state index is 2.51. The van der Waals surface area contributed by atoms with Gasteiger partial charge in [0.1, 0.15) is 0 Å². The lowest BCUT2D eigenvalue weighted by Crippen LogP contribution is -2.11. The topological polar surface area (TPSA) is 0 Å². The van der Waals surface area contributed by atoms with Crippen LogP contribution in [0.5, 0.6) is 0 Å². The van der Waals surface area contributed by atoms with Crippen LogP contribution in [0.25, 0.3) is 17.2 Å².